The zero-order valence-electron chi connectivity index (χ0n) is 17.7. The molecule has 7 heteroatoms. The summed E-state index contributed by atoms with van der Waals surface area (Å²) in [5, 5.41) is 10.3. The molecule has 0 saturated carbocycles. The SMILES string of the molecule is O=C(O)c1cnc([C@@H]2CCCCN2Cc2cccc(Cl)c2)nc1CCc1ccc(F)cc1. The van der Waals surface area contributed by atoms with Crippen molar-refractivity contribution in [1.82, 2.24) is 14.9 Å². The molecule has 0 unspecified atom stereocenters. The standard InChI is InChI=1S/C25H25ClFN3O2/c26-19-5-3-4-18(14-19)16-30-13-2-1-6-23(30)24-28-15-21(25(31)32)22(29-24)12-9-17-7-10-20(27)11-8-17/h3-5,7-8,10-11,14-15,23H,1-2,6,9,12-13,16H2,(H,31,32)/t23-/m0/s1. The second kappa shape index (κ2) is 10.2. The normalized spacial score (nSPS) is 16.8. The smallest absolute Gasteiger partial charge is 0.339 e. The Morgan fingerprint density at radius 3 is 2.69 bits per heavy atom. The van der Waals surface area contributed by atoms with Crippen molar-refractivity contribution in [2.24, 2.45) is 0 Å². The van der Waals surface area contributed by atoms with Crippen molar-refractivity contribution in [1.29, 1.82) is 0 Å². The highest BCUT2D eigenvalue weighted by Gasteiger charge is 2.27. The molecule has 1 atom stereocenters. The Labute approximate surface area is 191 Å². The number of likely N-dealkylation sites (tertiary alicyclic amines) is 1. The zero-order valence-corrected chi connectivity index (χ0v) is 18.4. The van der Waals surface area contributed by atoms with Gasteiger partial charge >= 0.3 is 5.97 Å². The number of nitrogens with zero attached hydrogens (tertiary/aromatic N) is 3. The van der Waals surface area contributed by atoms with E-state index in [9.17, 15) is 14.3 Å². The lowest BCUT2D eigenvalue weighted by atomic mass is 9.99. The summed E-state index contributed by atoms with van der Waals surface area (Å²) in [4.78, 5) is 23.3. The second-order valence-corrected chi connectivity index (χ2v) is 8.57. The number of benzene rings is 2. The van der Waals surface area contributed by atoms with Crippen LogP contribution in [0.3, 0.4) is 0 Å². The molecule has 166 valence electrons. The van der Waals surface area contributed by atoms with Gasteiger partial charge in [0.25, 0.3) is 0 Å². The van der Waals surface area contributed by atoms with Gasteiger partial charge in [-0.3, -0.25) is 4.90 Å². The number of aromatic nitrogens is 2. The molecule has 1 aromatic heterocycles. The van der Waals surface area contributed by atoms with Crippen LogP contribution >= 0.6 is 11.6 Å². The Balaban J connectivity index is 1.57. The lowest BCUT2D eigenvalue weighted by molar-refractivity contribution is 0.0694. The monoisotopic (exact) mass is 453 g/mol. The summed E-state index contributed by atoms with van der Waals surface area (Å²) >= 11 is 6.16. The van der Waals surface area contributed by atoms with Crippen molar-refractivity contribution < 1.29 is 14.3 Å². The number of aromatic carboxylic acids is 1. The quantitative estimate of drug-likeness (QED) is 0.513. The average molecular weight is 454 g/mol. The minimum absolute atomic E-state index is 0.0233. The summed E-state index contributed by atoms with van der Waals surface area (Å²) in [7, 11) is 0. The number of carboxylic acid groups (broad SMARTS) is 1. The summed E-state index contributed by atoms with van der Waals surface area (Å²) in [6, 6.07) is 14.1. The van der Waals surface area contributed by atoms with E-state index in [1.807, 2.05) is 18.2 Å². The number of halogens is 2. The van der Waals surface area contributed by atoms with E-state index in [2.05, 4.69) is 16.0 Å². The van der Waals surface area contributed by atoms with Crippen molar-refractivity contribution in [3.05, 3.63) is 93.8 Å². The first-order valence-corrected chi connectivity index (χ1v) is 11.2. The predicted octanol–water partition coefficient (Wildman–Crippen LogP) is 5.48. The molecule has 0 spiro atoms. The van der Waals surface area contributed by atoms with E-state index in [1.54, 1.807) is 12.1 Å². The Morgan fingerprint density at radius 1 is 1.12 bits per heavy atom. The van der Waals surface area contributed by atoms with Crippen LogP contribution in [0.5, 0.6) is 0 Å². The average Bonchev–Trinajstić information content (AvgIpc) is 2.79. The molecule has 0 amide bonds. The molecule has 4 rings (SSSR count). The van der Waals surface area contributed by atoms with Gasteiger partial charge in [-0.05, 0) is 67.6 Å². The van der Waals surface area contributed by atoms with Crippen LogP contribution in [0.25, 0.3) is 0 Å². The molecule has 0 aliphatic carbocycles. The van der Waals surface area contributed by atoms with Crippen LogP contribution in [0.4, 0.5) is 4.39 Å². The minimum atomic E-state index is -1.04. The maximum atomic E-state index is 13.2. The largest absolute Gasteiger partial charge is 0.478 e. The third-order valence-electron chi connectivity index (χ3n) is 5.87. The molecule has 2 aromatic carbocycles. The molecule has 3 aromatic rings. The molecule has 1 saturated heterocycles. The summed E-state index contributed by atoms with van der Waals surface area (Å²) in [5.74, 6) is -0.669. The molecule has 0 bridgehead atoms. The van der Waals surface area contributed by atoms with Gasteiger partial charge in [-0.25, -0.2) is 19.2 Å². The molecule has 5 nitrogen and oxygen atoms in total. The van der Waals surface area contributed by atoms with Crippen LogP contribution in [0.15, 0.2) is 54.7 Å². The number of piperidine rings is 1. The number of carbonyl (C=O) groups is 1. The zero-order chi connectivity index (χ0) is 22.5. The van der Waals surface area contributed by atoms with Gasteiger partial charge in [-0.2, -0.15) is 0 Å². The fourth-order valence-corrected chi connectivity index (χ4v) is 4.43. The van der Waals surface area contributed by atoms with Crippen molar-refractivity contribution >= 4 is 17.6 Å². The van der Waals surface area contributed by atoms with Gasteiger partial charge in [-0.1, -0.05) is 42.3 Å². The first-order valence-electron chi connectivity index (χ1n) is 10.8. The van der Waals surface area contributed by atoms with Crippen LogP contribution in [0.2, 0.25) is 5.02 Å². The van der Waals surface area contributed by atoms with Gasteiger partial charge in [0.15, 0.2) is 0 Å². The molecule has 1 fully saturated rings. The molecule has 0 radical (unpaired) electrons. The Morgan fingerprint density at radius 2 is 1.94 bits per heavy atom. The number of rotatable bonds is 7. The third kappa shape index (κ3) is 5.50. The van der Waals surface area contributed by atoms with Gasteiger partial charge < -0.3 is 5.11 Å². The van der Waals surface area contributed by atoms with E-state index in [0.29, 0.717) is 29.4 Å². The Kier molecular flexibility index (Phi) is 7.12. The van der Waals surface area contributed by atoms with Crippen LogP contribution < -0.4 is 0 Å². The minimum Gasteiger partial charge on any atom is -0.478 e. The van der Waals surface area contributed by atoms with Crippen LogP contribution in [0.1, 0.15) is 58.3 Å². The highest BCUT2D eigenvalue weighted by molar-refractivity contribution is 6.30. The highest BCUT2D eigenvalue weighted by Crippen LogP contribution is 2.31. The third-order valence-corrected chi connectivity index (χ3v) is 6.10. The van der Waals surface area contributed by atoms with Crippen LogP contribution in [-0.4, -0.2) is 32.5 Å². The maximum Gasteiger partial charge on any atom is 0.339 e. The highest BCUT2D eigenvalue weighted by atomic mass is 35.5. The van der Waals surface area contributed by atoms with Gasteiger partial charge in [0.2, 0.25) is 0 Å². The number of hydrogen-bond donors (Lipinski definition) is 1. The maximum absolute atomic E-state index is 13.2. The summed E-state index contributed by atoms with van der Waals surface area (Å²) in [6.45, 7) is 1.66. The van der Waals surface area contributed by atoms with Gasteiger partial charge in [0.05, 0.1) is 17.3 Å². The van der Waals surface area contributed by atoms with Gasteiger partial charge in [-0.15, -0.1) is 0 Å². The van der Waals surface area contributed by atoms with E-state index in [4.69, 9.17) is 16.6 Å². The Hall–Kier alpha value is -2.83. The topological polar surface area (TPSA) is 66.3 Å². The molecular formula is C25H25ClFN3O2. The van der Waals surface area contributed by atoms with Crippen molar-refractivity contribution in [3.8, 4) is 0 Å². The molecular weight excluding hydrogens is 429 g/mol. The first-order chi connectivity index (χ1) is 15.5. The molecule has 1 aliphatic rings. The lowest BCUT2D eigenvalue weighted by Crippen LogP contribution is -2.34. The lowest BCUT2D eigenvalue weighted by Gasteiger charge is -2.35. The summed E-state index contributed by atoms with van der Waals surface area (Å²) < 4.78 is 13.2. The molecule has 2 heterocycles. The first kappa shape index (κ1) is 22.4. The van der Waals surface area contributed by atoms with E-state index in [0.717, 1.165) is 43.5 Å². The van der Waals surface area contributed by atoms with Crippen molar-refractivity contribution in [2.75, 3.05) is 6.54 Å². The predicted molar refractivity (Wildman–Crippen MR) is 121 cm³/mol. The van der Waals surface area contributed by atoms with Crippen LogP contribution in [0, 0.1) is 5.82 Å². The summed E-state index contributed by atoms with van der Waals surface area (Å²) in [5.41, 5.74) is 2.69. The Bertz CT molecular complexity index is 1090. The van der Waals surface area contributed by atoms with Gasteiger partial charge in [0.1, 0.15) is 11.6 Å². The number of aryl methyl sites for hydroxylation is 2. The molecule has 1 N–H and O–H groups in total. The van der Waals surface area contributed by atoms with E-state index < -0.39 is 5.97 Å². The summed E-state index contributed by atoms with van der Waals surface area (Å²) in [6.07, 6.45) is 5.55. The van der Waals surface area contributed by atoms with E-state index in [-0.39, 0.29) is 17.4 Å². The van der Waals surface area contributed by atoms with Crippen molar-refractivity contribution in [2.45, 2.75) is 44.7 Å². The second-order valence-electron chi connectivity index (χ2n) is 8.13. The fraction of sp³-hybridized carbons (Fsp3) is 0.320. The van der Waals surface area contributed by atoms with E-state index in [1.165, 1.54) is 18.3 Å². The van der Waals surface area contributed by atoms with Crippen LogP contribution in [-0.2, 0) is 19.4 Å². The fourth-order valence-electron chi connectivity index (χ4n) is 4.22. The number of hydrogen-bond acceptors (Lipinski definition) is 4. The number of carboxylic acids is 1. The molecule has 1 aliphatic heterocycles. The molecule has 32 heavy (non-hydrogen) atoms. The van der Waals surface area contributed by atoms with Crippen molar-refractivity contribution in [3.63, 3.8) is 0 Å². The van der Waals surface area contributed by atoms with Gasteiger partial charge in [0, 0.05) is 17.8 Å². The van der Waals surface area contributed by atoms with E-state index >= 15 is 0 Å².